The fraction of sp³-hybridized carbons (Fsp3) is 0.222. The molecule has 4 N–H and O–H groups in total. The molecule has 0 aromatic heterocycles. The highest BCUT2D eigenvalue weighted by atomic mass is 16.5. The Kier molecular flexibility index (Phi) is 6.33. The van der Waals surface area contributed by atoms with Crippen LogP contribution in [0.25, 0.3) is 0 Å². The van der Waals surface area contributed by atoms with Crippen LogP contribution in [-0.2, 0) is 22.6 Å². The summed E-state index contributed by atoms with van der Waals surface area (Å²) in [6, 6.07) is 17.5. The van der Waals surface area contributed by atoms with E-state index in [1.54, 1.807) is 0 Å². The number of hydrogen-bond donors (Lipinski definition) is 3. The molecule has 0 aliphatic carbocycles. The summed E-state index contributed by atoms with van der Waals surface area (Å²) in [7, 11) is 0. The van der Waals surface area contributed by atoms with Gasteiger partial charge in [-0.1, -0.05) is 60.7 Å². The van der Waals surface area contributed by atoms with Crippen molar-refractivity contribution in [1.29, 1.82) is 0 Å². The Labute approximate surface area is 140 Å². The number of primary amides is 1. The SMILES string of the molecule is NC(=O)[C@H](O)[C@@H](Cc1ccccc1)NC(=O)OCc1ccccc1. The summed E-state index contributed by atoms with van der Waals surface area (Å²) < 4.78 is 5.11. The molecule has 0 spiro atoms. The van der Waals surface area contributed by atoms with Crippen LogP contribution in [-0.4, -0.2) is 29.3 Å². The van der Waals surface area contributed by atoms with Crippen molar-refractivity contribution in [3.63, 3.8) is 0 Å². The zero-order chi connectivity index (χ0) is 17.4. The molecule has 0 aliphatic heterocycles. The number of aliphatic hydroxyl groups excluding tert-OH is 1. The molecule has 2 aromatic carbocycles. The molecule has 24 heavy (non-hydrogen) atoms. The quantitative estimate of drug-likeness (QED) is 0.714. The summed E-state index contributed by atoms with van der Waals surface area (Å²) in [6.45, 7) is 0.0946. The average Bonchev–Trinajstić information content (AvgIpc) is 2.60. The number of nitrogens with two attached hydrogens (primary N) is 1. The summed E-state index contributed by atoms with van der Waals surface area (Å²) in [6.07, 6.45) is -1.97. The minimum atomic E-state index is -1.51. The Balaban J connectivity index is 1.96. The Morgan fingerprint density at radius 2 is 1.54 bits per heavy atom. The molecule has 0 saturated carbocycles. The van der Waals surface area contributed by atoms with Crippen LogP contribution in [0, 0.1) is 0 Å². The third-order valence-electron chi connectivity index (χ3n) is 3.49. The van der Waals surface area contributed by atoms with Crippen LogP contribution in [0.1, 0.15) is 11.1 Å². The molecular weight excluding hydrogens is 308 g/mol. The maximum absolute atomic E-state index is 11.9. The van der Waals surface area contributed by atoms with Crippen molar-refractivity contribution >= 4 is 12.0 Å². The van der Waals surface area contributed by atoms with Crippen LogP contribution in [0.2, 0.25) is 0 Å². The first-order valence-corrected chi connectivity index (χ1v) is 7.55. The number of alkyl carbamates (subject to hydrolysis) is 1. The fourth-order valence-corrected chi connectivity index (χ4v) is 2.22. The topological polar surface area (TPSA) is 102 Å². The number of hydrogen-bond acceptors (Lipinski definition) is 4. The van der Waals surface area contributed by atoms with Crippen molar-refractivity contribution in [2.24, 2.45) is 5.73 Å². The highest BCUT2D eigenvalue weighted by molar-refractivity contribution is 5.80. The van der Waals surface area contributed by atoms with Gasteiger partial charge in [-0.15, -0.1) is 0 Å². The molecule has 6 nitrogen and oxygen atoms in total. The first-order chi connectivity index (χ1) is 11.6. The van der Waals surface area contributed by atoms with Gasteiger partial charge in [0, 0.05) is 0 Å². The minimum Gasteiger partial charge on any atom is -0.445 e. The van der Waals surface area contributed by atoms with Crippen molar-refractivity contribution in [2.45, 2.75) is 25.2 Å². The zero-order valence-electron chi connectivity index (χ0n) is 13.1. The minimum absolute atomic E-state index is 0.0946. The molecule has 0 bridgehead atoms. The maximum atomic E-state index is 11.9. The van der Waals surface area contributed by atoms with Gasteiger partial charge in [-0.3, -0.25) is 4.79 Å². The van der Waals surface area contributed by atoms with E-state index in [9.17, 15) is 14.7 Å². The summed E-state index contributed by atoms with van der Waals surface area (Å²) >= 11 is 0. The average molecular weight is 328 g/mol. The molecule has 0 heterocycles. The van der Waals surface area contributed by atoms with Gasteiger partial charge in [-0.05, 0) is 17.5 Å². The molecule has 0 unspecified atom stereocenters. The standard InChI is InChI=1S/C18H20N2O4/c19-17(22)16(21)15(11-13-7-3-1-4-8-13)20-18(23)24-12-14-9-5-2-6-10-14/h1-10,15-16,21H,11-12H2,(H2,19,22)(H,20,23)/t15-,16-/m1/s1. The summed E-state index contributed by atoms with van der Waals surface area (Å²) in [5, 5.41) is 12.4. The Morgan fingerprint density at radius 3 is 2.08 bits per heavy atom. The van der Waals surface area contributed by atoms with E-state index >= 15 is 0 Å². The molecule has 0 saturated heterocycles. The Morgan fingerprint density at radius 1 is 1.00 bits per heavy atom. The van der Waals surface area contributed by atoms with E-state index in [0.29, 0.717) is 0 Å². The number of carbonyl (C=O) groups is 2. The normalized spacial score (nSPS) is 12.9. The smallest absolute Gasteiger partial charge is 0.407 e. The van der Waals surface area contributed by atoms with E-state index in [1.165, 1.54) is 0 Å². The van der Waals surface area contributed by atoms with Crippen molar-refractivity contribution in [1.82, 2.24) is 5.32 Å². The third-order valence-corrected chi connectivity index (χ3v) is 3.49. The Bertz CT molecular complexity index is 661. The molecule has 0 fully saturated rings. The van der Waals surface area contributed by atoms with Crippen LogP contribution < -0.4 is 11.1 Å². The molecule has 2 rings (SSSR count). The first-order valence-electron chi connectivity index (χ1n) is 7.55. The second-order valence-electron chi connectivity index (χ2n) is 5.35. The number of rotatable bonds is 7. The maximum Gasteiger partial charge on any atom is 0.407 e. The Hall–Kier alpha value is -2.86. The largest absolute Gasteiger partial charge is 0.445 e. The van der Waals surface area contributed by atoms with Crippen molar-refractivity contribution in [3.8, 4) is 0 Å². The molecule has 0 aliphatic rings. The third kappa shape index (κ3) is 5.40. The predicted octanol–water partition coefficient (Wildman–Crippen LogP) is 1.37. The van der Waals surface area contributed by atoms with Gasteiger partial charge in [0.25, 0.3) is 0 Å². The molecule has 126 valence electrons. The summed E-state index contributed by atoms with van der Waals surface area (Å²) in [5.41, 5.74) is 6.84. The fourth-order valence-electron chi connectivity index (χ4n) is 2.22. The van der Waals surface area contributed by atoms with Crippen LogP contribution >= 0.6 is 0 Å². The van der Waals surface area contributed by atoms with Gasteiger partial charge in [-0.25, -0.2) is 4.79 Å². The number of ether oxygens (including phenoxy) is 1. The molecule has 6 heteroatoms. The van der Waals surface area contributed by atoms with E-state index in [1.807, 2.05) is 60.7 Å². The van der Waals surface area contributed by atoms with Crippen LogP contribution in [0.3, 0.4) is 0 Å². The predicted molar refractivity (Wildman–Crippen MR) is 88.9 cm³/mol. The monoisotopic (exact) mass is 328 g/mol. The molecule has 2 amide bonds. The van der Waals surface area contributed by atoms with Gasteiger partial charge in [0.15, 0.2) is 6.10 Å². The lowest BCUT2D eigenvalue weighted by Crippen LogP contribution is -2.50. The van der Waals surface area contributed by atoms with E-state index in [4.69, 9.17) is 10.5 Å². The second-order valence-corrected chi connectivity index (χ2v) is 5.35. The van der Waals surface area contributed by atoms with Gasteiger partial charge >= 0.3 is 6.09 Å². The molecule has 0 radical (unpaired) electrons. The van der Waals surface area contributed by atoms with Crippen LogP contribution in [0.15, 0.2) is 60.7 Å². The molecule has 2 aromatic rings. The lowest BCUT2D eigenvalue weighted by molar-refractivity contribution is -0.127. The molecular formula is C18H20N2O4. The van der Waals surface area contributed by atoms with Crippen LogP contribution in [0.4, 0.5) is 4.79 Å². The van der Waals surface area contributed by atoms with Gasteiger partial charge in [0.05, 0.1) is 6.04 Å². The highest BCUT2D eigenvalue weighted by Crippen LogP contribution is 2.07. The van der Waals surface area contributed by atoms with Crippen LogP contribution in [0.5, 0.6) is 0 Å². The summed E-state index contributed by atoms with van der Waals surface area (Å²) in [5.74, 6) is -0.903. The molecule has 2 atom stereocenters. The van der Waals surface area contributed by atoms with Crippen molar-refractivity contribution in [2.75, 3.05) is 0 Å². The lowest BCUT2D eigenvalue weighted by Gasteiger charge is -2.22. The number of nitrogens with one attached hydrogen (secondary N) is 1. The first kappa shape index (κ1) is 17.5. The van der Waals surface area contributed by atoms with Crippen molar-refractivity contribution < 1.29 is 19.4 Å². The van der Waals surface area contributed by atoms with Gasteiger partial charge in [0.2, 0.25) is 5.91 Å². The summed E-state index contributed by atoms with van der Waals surface area (Å²) in [4.78, 5) is 23.2. The van der Waals surface area contributed by atoms with Gasteiger partial charge < -0.3 is 20.9 Å². The van der Waals surface area contributed by atoms with E-state index < -0.39 is 24.1 Å². The lowest BCUT2D eigenvalue weighted by atomic mass is 10.0. The second kappa shape index (κ2) is 8.69. The number of amides is 2. The highest BCUT2D eigenvalue weighted by Gasteiger charge is 2.26. The number of benzene rings is 2. The van der Waals surface area contributed by atoms with Crippen molar-refractivity contribution in [3.05, 3.63) is 71.8 Å². The number of carbonyl (C=O) groups excluding carboxylic acids is 2. The zero-order valence-corrected chi connectivity index (χ0v) is 13.1. The van der Waals surface area contributed by atoms with E-state index in [2.05, 4.69) is 5.32 Å². The van der Waals surface area contributed by atoms with E-state index in [-0.39, 0.29) is 13.0 Å². The van der Waals surface area contributed by atoms with Gasteiger partial charge in [0.1, 0.15) is 6.61 Å². The van der Waals surface area contributed by atoms with E-state index in [0.717, 1.165) is 11.1 Å². The number of aliphatic hydroxyl groups is 1. The van der Waals surface area contributed by atoms with Gasteiger partial charge in [-0.2, -0.15) is 0 Å².